The summed E-state index contributed by atoms with van der Waals surface area (Å²) in [6.07, 6.45) is -4.86. The minimum Gasteiger partial charge on any atom is -0.462 e. The fourth-order valence-electron chi connectivity index (χ4n) is 5.68. The smallest absolute Gasteiger partial charge is 0.418 e. The van der Waals surface area contributed by atoms with Crippen LogP contribution in [0.2, 0.25) is 0 Å². The molecule has 9 nitrogen and oxygen atoms in total. The van der Waals surface area contributed by atoms with Crippen LogP contribution in [0.3, 0.4) is 0 Å². The number of anilines is 2. The molecule has 0 radical (unpaired) electrons. The number of benzene rings is 3. The first kappa shape index (κ1) is 32.2. The highest BCUT2D eigenvalue weighted by atomic mass is 32.2. The summed E-state index contributed by atoms with van der Waals surface area (Å²) in [4.78, 5) is 66.4. The van der Waals surface area contributed by atoms with E-state index in [9.17, 15) is 41.5 Å². The van der Waals surface area contributed by atoms with E-state index in [1.165, 1.54) is 42.5 Å². The number of imide groups is 1. The highest BCUT2D eigenvalue weighted by Gasteiger charge is 2.57. The summed E-state index contributed by atoms with van der Waals surface area (Å²) < 4.78 is 61.9. The summed E-state index contributed by atoms with van der Waals surface area (Å²) in [5.41, 5.74) is -0.810. The van der Waals surface area contributed by atoms with Crippen LogP contribution in [0.5, 0.6) is 0 Å². The first-order valence-electron chi connectivity index (χ1n) is 14.2. The summed E-state index contributed by atoms with van der Waals surface area (Å²) in [5.74, 6) is -5.74. The number of carbonyl (C=O) groups is 4. The van der Waals surface area contributed by atoms with Gasteiger partial charge in [-0.15, -0.1) is 0 Å². The van der Waals surface area contributed by atoms with Crippen molar-refractivity contribution in [3.05, 3.63) is 110 Å². The van der Waals surface area contributed by atoms with Gasteiger partial charge >= 0.3 is 17.0 Å². The number of rotatable bonds is 7. The lowest BCUT2D eigenvalue weighted by molar-refractivity contribution is -0.137. The van der Waals surface area contributed by atoms with Gasteiger partial charge in [0.05, 0.1) is 34.4 Å². The molecule has 3 amide bonds. The molecule has 6 rings (SSSR count). The molecule has 1 N–H and O–H groups in total. The number of nitrogens with one attached hydrogen (secondary N) is 1. The number of aromatic nitrogens is 1. The van der Waals surface area contributed by atoms with Gasteiger partial charge in [-0.25, -0.2) is 14.1 Å². The highest BCUT2D eigenvalue weighted by Crippen LogP contribution is 2.54. The second-order valence-corrected chi connectivity index (χ2v) is 12.7. The van der Waals surface area contributed by atoms with Gasteiger partial charge in [0.15, 0.2) is 0 Å². The number of halogens is 4. The number of esters is 1. The molecule has 3 heterocycles. The van der Waals surface area contributed by atoms with E-state index in [1.807, 2.05) is 0 Å². The zero-order chi connectivity index (χ0) is 33.6. The van der Waals surface area contributed by atoms with E-state index in [0.29, 0.717) is 21.0 Å². The average Bonchev–Trinajstić information content (AvgIpc) is 3.47. The summed E-state index contributed by atoms with van der Waals surface area (Å²) in [7, 11) is 0. The lowest BCUT2D eigenvalue weighted by Crippen LogP contribution is -2.33. The molecule has 15 heteroatoms. The Morgan fingerprint density at radius 1 is 0.936 bits per heavy atom. The molecule has 3 atom stereocenters. The largest absolute Gasteiger partial charge is 0.462 e. The van der Waals surface area contributed by atoms with E-state index >= 15 is 0 Å². The van der Waals surface area contributed by atoms with E-state index in [0.717, 1.165) is 58.0 Å². The summed E-state index contributed by atoms with van der Waals surface area (Å²) in [5, 5.41) is 1.60. The van der Waals surface area contributed by atoms with Gasteiger partial charge < -0.3 is 10.1 Å². The van der Waals surface area contributed by atoms with Crippen LogP contribution in [-0.4, -0.2) is 40.1 Å². The number of hydrogen-bond donors (Lipinski definition) is 1. The van der Waals surface area contributed by atoms with Gasteiger partial charge in [0, 0.05) is 16.5 Å². The predicted molar refractivity (Wildman–Crippen MR) is 165 cm³/mol. The average molecular weight is 686 g/mol. The molecule has 242 valence electrons. The van der Waals surface area contributed by atoms with Gasteiger partial charge in [-0.3, -0.25) is 23.7 Å². The second-order valence-electron chi connectivity index (χ2n) is 10.6. The number of alkyl halides is 3. The quantitative estimate of drug-likeness (QED) is 0.151. The molecule has 1 fully saturated rings. The van der Waals surface area contributed by atoms with Crippen molar-refractivity contribution >= 4 is 58.2 Å². The fraction of sp³-hybridized carbons (Fsp3) is 0.219. The molecule has 2 aliphatic heterocycles. The lowest BCUT2D eigenvalue weighted by atomic mass is 9.83. The first-order chi connectivity index (χ1) is 22.4. The number of hydrogen-bond acceptors (Lipinski definition) is 8. The number of carbonyl (C=O) groups excluding carboxylic acids is 4. The van der Waals surface area contributed by atoms with Gasteiger partial charge in [-0.1, -0.05) is 47.4 Å². The number of thiazole rings is 1. The third-order valence-corrected chi connectivity index (χ3v) is 10.3. The van der Waals surface area contributed by atoms with Crippen molar-refractivity contribution in [3.63, 3.8) is 0 Å². The normalized spacial score (nSPS) is 18.9. The third kappa shape index (κ3) is 5.96. The van der Waals surface area contributed by atoms with E-state index in [2.05, 4.69) is 5.32 Å². The lowest BCUT2D eigenvalue weighted by Gasteiger charge is -2.30. The van der Waals surface area contributed by atoms with Crippen molar-refractivity contribution in [3.8, 4) is 0 Å². The van der Waals surface area contributed by atoms with Gasteiger partial charge in [0.25, 0.3) is 0 Å². The molecule has 4 aromatic rings. The Morgan fingerprint density at radius 3 is 2.28 bits per heavy atom. The summed E-state index contributed by atoms with van der Waals surface area (Å²) in [6.45, 7) is 1.37. The van der Waals surface area contributed by atoms with E-state index < -0.39 is 75.4 Å². The Morgan fingerprint density at radius 2 is 1.62 bits per heavy atom. The number of ether oxygens (including phenoxy) is 1. The number of para-hydroxylation sites is 1. The molecular weight excluding hydrogens is 662 g/mol. The molecule has 1 aromatic heterocycles. The molecule has 0 spiro atoms. The van der Waals surface area contributed by atoms with Crippen LogP contribution < -0.4 is 15.1 Å². The summed E-state index contributed by atoms with van der Waals surface area (Å²) >= 11 is 1.57. The zero-order valence-corrected chi connectivity index (χ0v) is 25.9. The Hall–Kier alpha value is -4.76. The van der Waals surface area contributed by atoms with Crippen molar-refractivity contribution in [2.75, 3.05) is 16.8 Å². The minimum absolute atomic E-state index is 0.192. The zero-order valence-electron chi connectivity index (χ0n) is 24.2. The summed E-state index contributed by atoms with van der Waals surface area (Å²) in [6, 6.07) is 15.2. The first-order valence-corrected chi connectivity index (χ1v) is 15.8. The van der Waals surface area contributed by atoms with Crippen LogP contribution >= 0.6 is 23.1 Å². The maximum absolute atomic E-state index is 13.9. The Balaban J connectivity index is 1.36. The highest BCUT2D eigenvalue weighted by molar-refractivity contribution is 8.00. The Bertz CT molecular complexity index is 1960. The third-order valence-electron chi connectivity index (χ3n) is 7.71. The number of thioether (sulfide) groups is 1. The maximum atomic E-state index is 13.9. The van der Waals surface area contributed by atoms with Crippen molar-refractivity contribution in [2.24, 2.45) is 5.92 Å². The van der Waals surface area contributed by atoms with Crippen LogP contribution in [-0.2, 0) is 31.8 Å². The van der Waals surface area contributed by atoms with Gasteiger partial charge in [-0.2, -0.15) is 13.2 Å². The monoisotopic (exact) mass is 685 g/mol. The second kappa shape index (κ2) is 12.4. The van der Waals surface area contributed by atoms with Gasteiger partial charge in [0.1, 0.15) is 17.6 Å². The van der Waals surface area contributed by atoms with E-state index in [4.69, 9.17) is 4.74 Å². The SMILES string of the molecule is CCOC(=O)c1ccc(NC(=O)Cn2c3c(sc2=O)[C@H](c2ccc(F)cc2)C2C(=O)N(c4ccccc4C(F)(F)F)C(=O)C2S3)cc1. The molecule has 3 aromatic carbocycles. The maximum Gasteiger partial charge on any atom is 0.418 e. The van der Waals surface area contributed by atoms with Crippen LogP contribution in [0.4, 0.5) is 28.9 Å². The van der Waals surface area contributed by atoms with E-state index in [1.54, 1.807) is 6.92 Å². The minimum atomic E-state index is -4.86. The van der Waals surface area contributed by atoms with Crippen LogP contribution in [0.15, 0.2) is 82.6 Å². The molecule has 47 heavy (non-hydrogen) atoms. The van der Waals surface area contributed by atoms with Crippen molar-refractivity contribution in [2.45, 2.75) is 35.8 Å². The number of amides is 3. The standard InChI is InChI=1S/C32H23F4N3O6S2/c1-2-45-30(43)17-9-13-19(14-10-17)37-22(40)15-38-29-26(47-31(38)44)23(16-7-11-18(33)12-8-16)24-25(46-29)28(42)39(27(24)41)21-6-4-3-5-20(21)32(34,35)36/h3-14,23-25H,2,15H2,1H3,(H,37,40)/t23-,24?,25?/m1/s1. The Labute approximate surface area is 272 Å². The number of nitrogens with zero attached hydrogens (tertiary/aromatic N) is 2. The van der Waals surface area contributed by atoms with E-state index in [-0.39, 0.29) is 17.2 Å². The predicted octanol–water partition coefficient (Wildman–Crippen LogP) is 5.68. The van der Waals surface area contributed by atoms with Crippen LogP contribution in [0.1, 0.15) is 39.2 Å². The van der Waals surface area contributed by atoms with Crippen molar-refractivity contribution < 1.29 is 41.5 Å². The van der Waals surface area contributed by atoms with Gasteiger partial charge in [0.2, 0.25) is 17.7 Å². The molecule has 0 saturated carbocycles. The van der Waals surface area contributed by atoms with Crippen LogP contribution in [0, 0.1) is 11.7 Å². The Kier molecular flexibility index (Phi) is 8.53. The molecule has 2 unspecified atom stereocenters. The molecular formula is C32H23F4N3O6S2. The number of fused-ring (bicyclic) bond motifs is 2. The molecule has 0 aliphatic carbocycles. The molecule has 1 saturated heterocycles. The fourth-order valence-corrected chi connectivity index (χ4v) is 8.45. The van der Waals surface area contributed by atoms with Gasteiger partial charge in [-0.05, 0) is 61.0 Å². The van der Waals surface area contributed by atoms with Crippen LogP contribution in [0.25, 0.3) is 0 Å². The topological polar surface area (TPSA) is 115 Å². The van der Waals surface area contributed by atoms with Crippen molar-refractivity contribution in [1.82, 2.24) is 4.57 Å². The molecule has 0 bridgehead atoms. The van der Waals surface area contributed by atoms with Crippen molar-refractivity contribution in [1.29, 1.82) is 0 Å². The molecule has 2 aliphatic rings.